The molecule has 0 amide bonds. The first kappa shape index (κ1) is 15.1. The van der Waals surface area contributed by atoms with Crippen molar-refractivity contribution >= 4 is 5.84 Å². The van der Waals surface area contributed by atoms with Crippen molar-refractivity contribution in [2.45, 2.75) is 39.3 Å². The summed E-state index contributed by atoms with van der Waals surface area (Å²) in [6, 6.07) is 9.63. The lowest BCUT2D eigenvalue weighted by Gasteiger charge is -2.12. The monoisotopic (exact) mass is 286 g/mol. The number of hydrogen-bond acceptors (Lipinski definition) is 3. The second-order valence-electron chi connectivity index (χ2n) is 4.98. The number of nitrogens with zero attached hydrogens (tertiary/aromatic N) is 2. The number of rotatable bonds is 7. The molecule has 0 saturated heterocycles. The number of amidine groups is 1. The molecule has 0 aliphatic carbocycles. The molecule has 0 unspecified atom stereocenters. The molecule has 2 aromatic rings. The summed E-state index contributed by atoms with van der Waals surface area (Å²) in [5, 5.41) is 11.9. The minimum atomic E-state index is 0.0606. The number of nitrogen functional groups attached to an aromatic ring is 1. The van der Waals surface area contributed by atoms with E-state index in [2.05, 4.69) is 18.9 Å². The number of benzene rings is 1. The number of nitrogens with two attached hydrogens (primary N) is 1. The quantitative estimate of drug-likeness (QED) is 0.606. The molecular weight excluding hydrogens is 264 g/mol. The Morgan fingerprint density at radius 3 is 2.48 bits per heavy atom. The minimum Gasteiger partial charge on any atom is -0.487 e. The molecule has 0 spiro atoms. The maximum absolute atomic E-state index is 7.35. The maximum Gasteiger partial charge on any atom is 0.132 e. The topological polar surface area (TPSA) is 76.9 Å². The predicted molar refractivity (Wildman–Crippen MR) is 83.6 cm³/mol. The molecule has 5 heteroatoms. The Kier molecular flexibility index (Phi) is 4.98. The first-order valence-corrected chi connectivity index (χ1v) is 7.25. The van der Waals surface area contributed by atoms with Gasteiger partial charge in [-0.3, -0.25) is 10.1 Å². The molecule has 0 saturated carbocycles. The van der Waals surface area contributed by atoms with Crippen molar-refractivity contribution in [1.29, 1.82) is 5.41 Å². The second kappa shape index (κ2) is 6.92. The van der Waals surface area contributed by atoms with Gasteiger partial charge in [-0.05, 0) is 43.2 Å². The van der Waals surface area contributed by atoms with Crippen LogP contribution in [0.5, 0.6) is 5.75 Å². The summed E-state index contributed by atoms with van der Waals surface area (Å²) >= 11 is 0. The molecular formula is C16H22N4O. The molecule has 3 N–H and O–H groups in total. The maximum atomic E-state index is 7.35. The smallest absolute Gasteiger partial charge is 0.132 e. The molecule has 0 aliphatic heterocycles. The van der Waals surface area contributed by atoms with Gasteiger partial charge in [0.25, 0.3) is 0 Å². The van der Waals surface area contributed by atoms with Crippen molar-refractivity contribution in [3.63, 3.8) is 0 Å². The van der Waals surface area contributed by atoms with E-state index >= 15 is 0 Å². The Hall–Kier alpha value is -2.30. The van der Waals surface area contributed by atoms with Crippen LogP contribution >= 0.6 is 0 Å². The number of aromatic nitrogens is 2. The lowest BCUT2D eigenvalue weighted by atomic mass is 10.2. The first-order chi connectivity index (χ1) is 10.1. The van der Waals surface area contributed by atoms with Gasteiger partial charge in [-0.2, -0.15) is 5.10 Å². The summed E-state index contributed by atoms with van der Waals surface area (Å²) in [5.41, 5.74) is 7.03. The highest BCUT2D eigenvalue weighted by atomic mass is 16.5. The van der Waals surface area contributed by atoms with Crippen LogP contribution in [0.15, 0.2) is 36.5 Å². The van der Waals surface area contributed by atoms with Crippen molar-refractivity contribution in [3.8, 4) is 5.75 Å². The van der Waals surface area contributed by atoms with Gasteiger partial charge in [0.1, 0.15) is 18.2 Å². The van der Waals surface area contributed by atoms with Crippen LogP contribution in [-0.4, -0.2) is 15.6 Å². The summed E-state index contributed by atoms with van der Waals surface area (Å²) in [5.74, 6) is 0.808. The first-order valence-electron chi connectivity index (χ1n) is 7.25. The van der Waals surface area contributed by atoms with Gasteiger partial charge in [0, 0.05) is 11.8 Å². The van der Waals surface area contributed by atoms with Crippen molar-refractivity contribution in [1.82, 2.24) is 9.78 Å². The van der Waals surface area contributed by atoms with E-state index in [1.54, 1.807) is 12.1 Å². The van der Waals surface area contributed by atoms with Crippen LogP contribution < -0.4 is 10.5 Å². The van der Waals surface area contributed by atoms with Gasteiger partial charge in [0.2, 0.25) is 0 Å². The van der Waals surface area contributed by atoms with E-state index < -0.39 is 0 Å². The zero-order valence-corrected chi connectivity index (χ0v) is 12.5. The average Bonchev–Trinajstić information content (AvgIpc) is 2.96. The van der Waals surface area contributed by atoms with Crippen LogP contribution in [0.25, 0.3) is 0 Å². The highest BCUT2D eigenvalue weighted by Gasteiger charge is 2.08. The fourth-order valence-corrected chi connectivity index (χ4v) is 2.21. The molecule has 1 aromatic carbocycles. The normalized spacial score (nSPS) is 10.8. The van der Waals surface area contributed by atoms with E-state index in [9.17, 15) is 0 Å². The Morgan fingerprint density at radius 1 is 1.24 bits per heavy atom. The Balaban J connectivity index is 1.95. The zero-order chi connectivity index (χ0) is 15.2. The standard InChI is InChI=1S/C16H22N4O/c1-3-14(4-2)20-10-9-13(19-20)11-21-15-7-5-12(6-8-15)16(17)18/h5-10,14H,3-4,11H2,1-2H3,(H3,17,18). The molecule has 0 aliphatic rings. The molecule has 1 heterocycles. The molecule has 112 valence electrons. The van der Waals surface area contributed by atoms with Crippen LogP contribution in [-0.2, 0) is 6.61 Å². The third-order valence-electron chi connectivity index (χ3n) is 3.53. The van der Waals surface area contributed by atoms with Gasteiger partial charge in [0.05, 0.1) is 11.7 Å². The van der Waals surface area contributed by atoms with Crippen molar-refractivity contribution < 1.29 is 4.74 Å². The molecule has 21 heavy (non-hydrogen) atoms. The van der Waals surface area contributed by atoms with Gasteiger partial charge in [-0.1, -0.05) is 13.8 Å². The van der Waals surface area contributed by atoms with E-state index in [-0.39, 0.29) is 5.84 Å². The average molecular weight is 286 g/mol. The molecule has 5 nitrogen and oxygen atoms in total. The van der Waals surface area contributed by atoms with Gasteiger partial charge < -0.3 is 10.5 Å². The van der Waals surface area contributed by atoms with Crippen LogP contribution in [0.2, 0.25) is 0 Å². The van der Waals surface area contributed by atoms with Crippen LogP contribution in [0.4, 0.5) is 0 Å². The summed E-state index contributed by atoms with van der Waals surface area (Å²) in [7, 11) is 0. The second-order valence-corrected chi connectivity index (χ2v) is 4.98. The van der Waals surface area contributed by atoms with Crippen LogP contribution in [0, 0.1) is 5.41 Å². The summed E-state index contributed by atoms with van der Waals surface area (Å²) in [6.45, 7) is 4.78. The van der Waals surface area contributed by atoms with Crippen LogP contribution in [0.1, 0.15) is 44.0 Å². The molecule has 1 aromatic heterocycles. The largest absolute Gasteiger partial charge is 0.487 e. The Labute approximate surface area is 125 Å². The predicted octanol–water partition coefficient (Wildman–Crippen LogP) is 3.11. The lowest BCUT2D eigenvalue weighted by Crippen LogP contribution is -2.10. The van der Waals surface area contributed by atoms with Crippen molar-refractivity contribution in [3.05, 3.63) is 47.8 Å². The summed E-state index contributed by atoms with van der Waals surface area (Å²) in [6.07, 6.45) is 4.16. The molecule has 2 rings (SSSR count). The minimum absolute atomic E-state index is 0.0606. The molecule has 0 fully saturated rings. The molecule has 0 atom stereocenters. The third-order valence-corrected chi connectivity index (χ3v) is 3.53. The molecule has 0 bridgehead atoms. The fraction of sp³-hybridized carbons (Fsp3) is 0.375. The van der Waals surface area contributed by atoms with E-state index in [1.165, 1.54) is 0 Å². The number of nitrogens with one attached hydrogen (secondary N) is 1. The lowest BCUT2D eigenvalue weighted by molar-refractivity contribution is 0.297. The Bertz CT molecular complexity index is 585. The van der Waals surface area contributed by atoms with E-state index in [0.717, 1.165) is 24.3 Å². The van der Waals surface area contributed by atoms with Crippen LogP contribution in [0.3, 0.4) is 0 Å². The van der Waals surface area contributed by atoms with Crippen molar-refractivity contribution in [2.24, 2.45) is 5.73 Å². The summed E-state index contributed by atoms with van der Waals surface area (Å²) < 4.78 is 7.71. The third kappa shape index (κ3) is 3.84. The van der Waals surface area contributed by atoms with Gasteiger partial charge in [0.15, 0.2) is 0 Å². The highest BCUT2D eigenvalue weighted by Crippen LogP contribution is 2.16. The summed E-state index contributed by atoms with van der Waals surface area (Å²) in [4.78, 5) is 0. The Morgan fingerprint density at radius 2 is 1.90 bits per heavy atom. The number of hydrogen-bond donors (Lipinski definition) is 2. The fourth-order valence-electron chi connectivity index (χ4n) is 2.21. The van der Waals surface area contributed by atoms with Gasteiger partial charge in [-0.15, -0.1) is 0 Å². The highest BCUT2D eigenvalue weighted by molar-refractivity contribution is 5.94. The van der Waals surface area contributed by atoms with E-state index in [1.807, 2.05) is 29.1 Å². The van der Waals surface area contributed by atoms with Gasteiger partial charge in [-0.25, -0.2) is 0 Å². The van der Waals surface area contributed by atoms with Crippen molar-refractivity contribution in [2.75, 3.05) is 0 Å². The van der Waals surface area contributed by atoms with E-state index in [4.69, 9.17) is 15.9 Å². The SMILES string of the molecule is CCC(CC)n1ccc(COc2ccc(C(=N)N)cc2)n1. The number of ether oxygens (including phenoxy) is 1. The van der Waals surface area contributed by atoms with Gasteiger partial charge >= 0.3 is 0 Å². The zero-order valence-electron chi connectivity index (χ0n) is 12.5. The molecule has 0 radical (unpaired) electrons. The van der Waals surface area contributed by atoms with E-state index in [0.29, 0.717) is 18.2 Å².